The summed E-state index contributed by atoms with van der Waals surface area (Å²) in [6.45, 7) is 6.74. The van der Waals surface area contributed by atoms with E-state index in [1.807, 2.05) is 35.9 Å². The Morgan fingerprint density at radius 3 is 2.81 bits per heavy atom. The van der Waals surface area contributed by atoms with Crippen LogP contribution in [-0.2, 0) is 19.9 Å². The number of aryl methyl sites for hydroxylation is 2. The molecule has 0 fully saturated rings. The lowest BCUT2D eigenvalue weighted by Gasteiger charge is -2.33. The highest BCUT2D eigenvalue weighted by molar-refractivity contribution is 6.03. The molecule has 0 aliphatic heterocycles. The molecule has 6 nitrogen and oxygen atoms in total. The summed E-state index contributed by atoms with van der Waals surface area (Å²) in [5.41, 5.74) is 3.35. The number of benzene rings is 1. The Hall–Kier alpha value is -2.63. The molecule has 136 valence electrons. The molecule has 1 N–H and O–H groups in total. The van der Waals surface area contributed by atoms with Crippen LogP contribution in [0, 0.1) is 11.3 Å². The van der Waals surface area contributed by atoms with Crippen molar-refractivity contribution in [2.45, 2.75) is 40.0 Å². The van der Waals surface area contributed by atoms with Crippen molar-refractivity contribution in [2.24, 2.45) is 18.4 Å². The van der Waals surface area contributed by atoms with Gasteiger partial charge in [-0.15, -0.1) is 0 Å². The summed E-state index contributed by atoms with van der Waals surface area (Å²) < 4.78 is 7.33. The van der Waals surface area contributed by atoms with Gasteiger partial charge in [0.05, 0.1) is 11.0 Å². The molecule has 0 saturated heterocycles. The molecule has 3 aromatic rings. The molecule has 0 saturated carbocycles. The van der Waals surface area contributed by atoms with Crippen LogP contribution >= 0.6 is 0 Å². The number of hydrogen-bond donors (Lipinski definition) is 1. The topological polar surface area (TPSA) is 73.0 Å². The standard InChI is InChI=1S/C20H24N4O2/c1-20(2,3)12-9-10-16-13(11-12)17(23-26-16)18(25)22-19-21-14-7-5-6-8-15(14)24(19)4/h5-8,12H,9-11H2,1-4H3,(H,21,22,25)/t12-/m1/s1. The third-order valence-corrected chi connectivity index (χ3v) is 5.49. The van der Waals surface area contributed by atoms with Crippen molar-refractivity contribution in [3.63, 3.8) is 0 Å². The van der Waals surface area contributed by atoms with Gasteiger partial charge < -0.3 is 9.09 Å². The highest BCUT2D eigenvalue weighted by atomic mass is 16.5. The van der Waals surface area contributed by atoms with Crippen LogP contribution < -0.4 is 5.32 Å². The minimum absolute atomic E-state index is 0.195. The first kappa shape index (κ1) is 16.8. The second-order valence-electron chi connectivity index (χ2n) is 8.18. The first-order valence-electron chi connectivity index (χ1n) is 9.05. The summed E-state index contributed by atoms with van der Waals surface area (Å²) in [5.74, 6) is 1.61. The fourth-order valence-corrected chi connectivity index (χ4v) is 3.74. The van der Waals surface area contributed by atoms with Crippen molar-refractivity contribution in [2.75, 3.05) is 5.32 Å². The van der Waals surface area contributed by atoms with Crippen LogP contribution in [0.25, 0.3) is 11.0 Å². The summed E-state index contributed by atoms with van der Waals surface area (Å²) in [7, 11) is 1.89. The number of rotatable bonds is 2. The SMILES string of the molecule is Cn1c(NC(=O)c2noc3c2C[C@H](C(C)(C)C)CC3)nc2ccccc21. The summed E-state index contributed by atoms with van der Waals surface area (Å²) >= 11 is 0. The first-order chi connectivity index (χ1) is 12.3. The number of imidazole rings is 1. The van der Waals surface area contributed by atoms with Gasteiger partial charge in [-0.1, -0.05) is 38.1 Å². The third kappa shape index (κ3) is 2.79. The molecule has 4 rings (SSSR count). The smallest absolute Gasteiger partial charge is 0.280 e. The minimum Gasteiger partial charge on any atom is -0.360 e. The average molecular weight is 352 g/mol. The largest absolute Gasteiger partial charge is 0.360 e. The van der Waals surface area contributed by atoms with Crippen LogP contribution in [-0.4, -0.2) is 20.6 Å². The van der Waals surface area contributed by atoms with Crippen molar-refractivity contribution < 1.29 is 9.32 Å². The molecule has 1 aliphatic rings. The van der Waals surface area contributed by atoms with Crippen LogP contribution in [0.4, 0.5) is 5.95 Å². The van der Waals surface area contributed by atoms with Crippen molar-refractivity contribution in [3.05, 3.63) is 41.3 Å². The number of nitrogens with one attached hydrogen (secondary N) is 1. The zero-order valence-corrected chi connectivity index (χ0v) is 15.7. The Morgan fingerprint density at radius 1 is 1.31 bits per heavy atom. The normalized spacial score (nSPS) is 17.3. The maximum absolute atomic E-state index is 12.8. The monoisotopic (exact) mass is 352 g/mol. The van der Waals surface area contributed by atoms with E-state index in [0.717, 1.165) is 41.6 Å². The van der Waals surface area contributed by atoms with Gasteiger partial charge in [0.2, 0.25) is 5.95 Å². The second-order valence-corrected chi connectivity index (χ2v) is 8.18. The molecule has 1 atom stereocenters. The van der Waals surface area contributed by atoms with Crippen molar-refractivity contribution >= 4 is 22.9 Å². The van der Waals surface area contributed by atoms with Gasteiger partial charge in [-0.05, 0) is 36.3 Å². The lowest BCUT2D eigenvalue weighted by molar-refractivity contribution is 0.101. The number of para-hydroxylation sites is 2. The molecule has 2 aromatic heterocycles. The Bertz CT molecular complexity index is 978. The minimum atomic E-state index is -0.261. The van der Waals surface area contributed by atoms with Crippen molar-refractivity contribution in [1.82, 2.24) is 14.7 Å². The molecule has 0 unspecified atom stereocenters. The number of amides is 1. The summed E-state index contributed by atoms with van der Waals surface area (Å²) in [4.78, 5) is 17.3. The molecule has 1 amide bonds. The third-order valence-electron chi connectivity index (χ3n) is 5.49. The summed E-state index contributed by atoms with van der Waals surface area (Å²) in [6.07, 6.45) is 2.73. The predicted molar refractivity (Wildman–Crippen MR) is 100 cm³/mol. The van der Waals surface area contributed by atoms with Gasteiger partial charge >= 0.3 is 0 Å². The fraction of sp³-hybridized carbons (Fsp3) is 0.450. The van der Waals surface area contributed by atoms with Gasteiger partial charge in [0.15, 0.2) is 5.69 Å². The van der Waals surface area contributed by atoms with E-state index in [4.69, 9.17) is 4.52 Å². The van der Waals surface area contributed by atoms with E-state index < -0.39 is 0 Å². The molecule has 1 aromatic carbocycles. The number of carbonyl (C=O) groups is 1. The molecule has 0 radical (unpaired) electrons. The highest BCUT2D eigenvalue weighted by Crippen LogP contribution is 2.38. The van der Waals surface area contributed by atoms with Gasteiger partial charge in [-0.25, -0.2) is 4.98 Å². The predicted octanol–water partition coefficient (Wildman–Crippen LogP) is 3.96. The zero-order chi connectivity index (χ0) is 18.5. The van der Waals surface area contributed by atoms with Gasteiger partial charge in [-0.3, -0.25) is 10.1 Å². The van der Waals surface area contributed by atoms with Gasteiger partial charge in [0.1, 0.15) is 5.76 Å². The van der Waals surface area contributed by atoms with E-state index in [0.29, 0.717) is 17.6 Å². The van der Waals surface area contributed by atoms with Crippen molar-refractivity contribution in [3.8, 4) is 0 Å². The van der Waals surface area contributed by atoms with E-state index in [9.17, 15) is 4.79 Å². The Morgan fingerprint density at radius 2 is 2.08 bits per heavy atom. The first-order valence-corrected chi connectivity index (χ1v) is 9.05. The van der Waals surface area contributed by atoms with Crippen LogP contribution in [0.5, 0.6) is 0 Å². The van der Waals surface area contributed by atoms with Crippen LogP contribution in [0.3, 0.4) is 0 Å². The Labute approximate surface area is 152 Å². The van der Waals surface area contributed by atoms with Gasteiger partial charge in [0.25, 0.3) is 5.91 Å². The number of anilines is 1. The molecule has 6 heteroatoms. The number of aromatic nitrogens is 3. The molecule has 2 heterocycles. The lowest BCUT2D eigenvalue weighted by Crippen LogP contribution is -2.28. The summed E-state index contributed by atoms with van der Waals surface area (Å²) in [6, 6.07) is 7.79. The Balaban J connectivity index is 1.62. The molecular formula is C20H24N4O2. The number of hydrogen-bond acceptors (Lipinski definition) is 4. The van der Waals surface area contributed by atoms with E-state index in [2.05, 4.69) is 36.2 Å². The van der Waals surface area contributed by atoms with Gasteiger partial charge in [0, 0.05) is 19.0 Å². The van der Waals surface area contributed by atoms with Crippen molar-refractivity contribution in [1.29, 1.82) is 0 Å². The Kier molecular flexibility index (Phi) is 3.86. The molecule has 0 bridgehead atoms. The zero-order valence-electron chi connectivity index (χ0n) is 15.7. The molecule has 1 aliphatic carbocycles. The average Bonchev–Trinajstić information content (AvgIpc) is 3.16. The molecular weight excluding hydrogens is 328 g/mol. The van der Waals surface area contributed by atoms with E-state index >= 15 is 0 Å². The van der Waals surface area contributed by atoms with Crippen LogP contribution in [0.15, 0.2) is 28.8 Å². The van der Waals surface area contributed by atoms with E-state index in [-0.39, 0.29) is 11.3 Å². The number of fused-ring (bicyclic) bond motifs is 2. The van der Waals surface area contributed by atoms with Gasteiger partial charge in [-0.2, -0.15) is 0 Å². The molecule has 26 heavy (non-hydrogen) atoms. The summed E-state index contributed by atoms with van der Waals surface area (Å²) in [5, 5.41) is 6.97. The lowest BCUT2D eigenvalue weighted by atomic mass is 9.71. The van der Waals surface area contributed by atoms with E-state index in [1.54, 1.807) is 0 Å². The highest BCUT2D eigenvalue weighted by Gasteiger charge is 2.34. The molecule has 0 spiro atoms. The van der Waals surface area contributed by atoms with Crippen LogP contribution in [0.1, 0.15) is 49.0 Å². The number of carbonyl (C=O) groups excluding carboxylic acids is 1. The second kappa shape index (κ2) is 5.97. The maximum atomic E-state index is 12.8. The fourth-order valence-electron chi connectivity index (χ4n) is 3.74. The quantitative estimate of drug-likeness (QED) is 0.757. The van der Waals surface area contributed by atoms with E-state index in [1.165, 1.54) is 0 Å². The van der Waals surface area contributed by atoms with Crippen LogP contribution in [0.2, 0.25) is 0 Å². The maximum Gasteiger partial charge on any atom is 0.280 e. The number of nitrogens with zero attached hydrogens (tertiary/aromatic N) is 3.